The lowest BCUT2D eigenvalue weighted by atomic mass is 9.93. The van der Waals surface area contributed by atoms with Gasteiger partial charge in [0.05, 0.1) is 24.8 Å². The van der Waals surface area contributed by atoms with E-state index in [1.54, 1.807) is 49.6 Å². The molecule has 192 valence electrons. The van der Waals surface area contributed by atoms with Gasteiger partial charge in [-0.25, -0.2) is 0 Å². The minimum atomic E-state index is -0.811. The molecule has 7 heteroatoms. The molecular weight excluding hydrogens is 468 g/mol. The van der Waals surface area contributed by atoms with Crippen molar-refractivity contribution < 1.29 is 24.2 Å². The molecule has 7 nitrogen and oxygen atoms in total. The molecule has 1 fully saturated rings. The number of carbonyl (C=O) groups excluding carboxylic acids is 2. The number of aliphatic hydroxyl groups excluding tert-OH is 1. The summed E-state index contributed by atoms with van der Waals surface area (Å²) < 4.78 is 11.0. The number of hydrogen-bond acceptors (Lipinski definition) is 6. The molecule has 1 aliphatic rings. The van der Waals surface area contributed by atoms with E-state index in [2.05, 4.69) is 0 Å². The van der Waals surface area contributed by atoms with E-state index in [0.29, 0.717) is 28.3 Å². The second-order valence-corrected chi connectivity index (χ2v) is 9.50. The number of aryl methyl sites for hydroxylation is 1. The van der Waals surface area contributed by atoms with Crippen LogP contribution in [0.5, 0.6) is 11.5 Å². The van der Waals surface area contributed by atoms with E-state index in [4.69, 9.17) is 9.47 Å². The van der Waals surface area contributed by atoms with E-state index < -0.39 is 17.7 Å². The van der Waals surface area contributed by atoms with Gasteiger partial charge in [0.2, 0.25) is 0 Å². The van der Waals surface area contributed by atoms with Crippen LogP contribution in [0, 0.1) is 6.92 Å². The lowest BCUT2D eigenvalue weighted by molar-refractivity contribution is -0.132. The third-order valence-electron chi connectivity index (χ3n) is 6.35. The van der Waals surface area contributed by atoms with E-state index in [1.807, 2.05) is 64.0 Å². The van der Waals surface area contributed by atoms with Gasteiger partial charge in [-0.1, -0.05) is 12.1 Å². The van der Waals surface area contributed by atoms with Crippen LogP contribution in [0.15, 0.2) is 72.3 Å². The molecular formula is C30H32N2O5. The van der Waals surface area contributed by atoms with Crippen molar-refractivity contribution in [2.75, 3.05) is 31.0 Å². The number of hydrogen-bond donors (Lipinski definition) is 1. The lowest BCUT2D eigenvalue weighted by Gasteiger charge is -2.26. The van der Waals surface area contributed by atoms with Gasteiger partial charge >= 0.3 is 0 Å². The van der Waals surface area contributed by atoms with Crippen LogP contribution < -0.4 is 19.3 Å². The monoisotopic (exact) mass is 500 g/mol. The Balaban J connectivity index is 1.88. The quantitative estimate of drug-likeness (QED) is 0.263. The third kappa shape index (κ3) is 5.03. The number of benzene rings is 3. The van der Waals surface area contributed by atoms with Gasteiger partial charge in [-0.2, -0.15) is 0 Å². The Morgan fingerprint density at radius 3 is 2.11 bits per heavy atom. The van der Waals surface area contributed by atoms with Crippen molar-refractivity contribution in [3.63, 3.8) is 0 Å². The number of aliphatic hydroxyl groups is 1. The molecule has 0 radical (unpaired) electrons. The van der Waals surface area contributed by atoms with E-state index in [1.165, 1.54) is 4.90 Å². The first-order valence-corrected chi connectivity index (χ1v) is 12.1. The minimum Gasteiger partial charge on any atom is -0.507 e. The van der Waals surface area contributed by atoms with Gasteiger partial charge in [0.25, 0.3) is 11.7 Å². The maximum Gasteiger partial charge on any atom is 0.300 e. The third-order valence-corrected chi connectivity index (χ3v) is 6.35. The largest absolute Gasteiger partial charge is 0.507 e. The van der Waals surface area contributed by atoms with Gasteiger partial charge in [-0.15, -0.1) is 0 Å². The van der Waals surface area contributed by atoms with Gasteiger partial charge in [0, 0.05) is 31.0 Å². The van der Waals surface area contributed by atoms with Gasteiger partial charge in [-0.05, 0) is 86.5 Å². The summed E-state index contributed by atoms with van der Waals surface area (Å²) in [5, 5.41) is 11.4. The zero-order chi connectivity index (χ0) is 26.9. The second-order valence-electron chi connectivity index (χ2n) is 9.50. The van der Waals surface area contributed by atoms with E-state index in [0.717, 1.165) is 11.3 Å². The fourth-order valence-corrected chi connectivity index (χ4v) is 4.50. The summed E-state index contributed by atoms with van der Waals surface area (Å²) in [5.41, 5.74) is 3.44. The summed E-state index contributed by atoms with van der Waals surface area (Å²) in [6, 6.07) is 19.0. The van der Waals surface area contributed by atoms with Crippen molar-refractivity contribution in [2.24, 2.45) is 0 Å². The molecule has 1 amide bonds. The van der Waals surface area contributed by atoms with Crippen LogP contribution in [0.2, 0.25) is 0 Å². The van der Waals surface area contributed by atoms with E-state index >= 15 is 0 Å². The zero-order valence-corrected chi connectivity index (χ0v) is 22.0. The van der Waals surface area contributed by atoms with Gasteiger partial charge < -0.3 is 19.5 Å². The number of rotatable bonds is 7. The minimum absolute atomic E-state index is 0.00280. The first-order chi connectivity index (χ1) is 17.6. The summed E-state index contributed by atoms with van der Waals surface area (Å²) in [4.78, 5) is 30.3. The summed E-state index contributed by atoms with van der Waals surface area (Å²) in [6.45, 7) is 5.69. The molecule has 37 heavy (non-hydrogen) atoms. The van der Waals surface area contributed by atoms with Crippen LogP contribution in [0.25, 0.3) is 5.76 Å². The maximum atomic E-state index is 13.4. The second kappa shape index (κ2) is 10.4. The van der Waals surface area contributed by atoms with Crippen LogP contribution in [0.4, 0.5) is 11.4 Å². The average molecular weight is 501 g/mol. The molecule has 1 N–H and O–H groups in total. The number of ketones is 1. The summed E-state index contributed by atoms with van der Waals surface area (Å²) >= 11 is 0. The van der Waals surface area contributed by atoms with Crippen LogP contribution in [0.3, 0.4) is 0 Å². The van der Waals surface area contributed by atoms with Crippen molar-refractivity contribution in [3.8, 4) is 11.5 Å². The summed E-state index contributed by atoms with van der Waals surface area (Å²) in [5.74, 6) is -0.364. The van der Waals surface area contributed by atoms with Gasteiger partial charge in [0.1, 0.15) is 17.3 Å². The first-order valence-electron chi connectivity index (χ1n) is 12.1. The number of amides is 1. The zero-order valence-electron chi connectivity index (χ0n) is 22.0. The lowest BCUT2D eigenvalue weighted by Crippen LogP contribution is -2.29. The fraction of sp³-hybridized carbons (Fsp3) is 0.267. The van der Waals surface area contributed by atoms with Crippen molar-refractivity contribution >= 4 is 28.8 Å². The molecule has 1 saturated heterocycles. The Bertz CT molecular complexity index is 1340. The predicted molar refractivity (Wildman–Crippen MR) is 145 cm³/mol. The highest BCUT2D eigenvalue weighted by Crippen LogP contribution is 2.43. The van der Waals surface area contributed by atoms with Crippen LogP contribution in [-0.4, -0.2) is 44.1 Å². The number of ether oxygens (including phenoxy) is 2. The summed E-state index contributed by atoms with van der Waals surface area (Å²) in [6.07, 6.45) is 0.00280. The van der Waals surface area contributed by atoms with Gasteiger partial charge in [0.15, 0.2) is 0 Å². The SMILES string of the molecule is COc1ccc(/C(O)=C2/C(=O)C(=O)N(c3ccc(OC(C)C)cc3)C2c2ccc(N(C)C)cc2)c(C)c1. The predicted octanol–water partition coefficient (Wildman–Crippen LogP) is 5.48. The fourth-order valence-electron chi connectivity index (χ4n) is 4.50. The number of Topliss-reactive ketones (excluding diaryl/α,β-unsaturated/α-hetero) is 1. The molecule has 1 unspecified atom stereocenters. The molecule has 0 spiro atoms. The van der Waals surface area contributed by atoms with Crippen molar-refractivity contribution in [2.45, 2.75) is 32.9 Å². The van der Waals surface area contributed by atoms with Gasteiger partial charge in [-0.3, -0.25) is 14.5 Å². The number of nitrogens with zero attached hydrogens (tertiary/aromatic N) is 2. The Labute approximate surface area is 217 Å². The maximum absolute atomic E-state index is 13.4. The normalized spacial score (nSPS) is 16.8. The molecule has 0 aromatic heterocycles. The Hall–Kier alpha value is -4.26. The molecule has 0 aliphatic carbocycles. The average Bonchev–Trinajstić information content (AvgIpc) is 3.14. The number of anilines is 2. The molecule has 3 aromatic carbocycles. The van der Waals surface area contributed by atoms with Crippen molar-refractivity contribution in [1.82, 2.24) is 0 Å². The van der Waals surface area contributed by atoms with E-state index in [-0.39, 0.29) is 17.4 Å². The highest BCUT2D eigenvalue weighted by molar-refractivity contribution is 6.51. The summed E-state index contributed by atoms with van der Waals surface area (Å²) in [7, 11) is 5.44. The van der Waals surface area contributed by atoms with Crippen molar-refractivity contribution in [1.29, 1.82) is 0 Å². The smallest absolute Gasteiger partial charge is 0.300 e. The van der Waals surface area contributed by atoms with Crippen LogP contribution >= 0.6 is 0 Å². The highest BCUT2D eigenvalue weighted by atomic mass is 16.5. The number of methoxy groups -OCH3 is 1. The molecule has 3 aromatic rings. The molecule has 0 saturated carbocycles. The molecule has 1 atom stereocenters. The van der Waals surface area contributed by atoms with E-state index in [9.17, 15) is 14.7 Å². The molecule has 1 heterocycles. The van der Waals surface area contributed by atoms with Crippen molar-refractivity contribution in [3.05, 3.63) is 89.0 Å². The van der Waals surface area contributed by atoms with Crippen LogP contribution in [0.1, 0.15) is 36.6 Å². The Morgan fingerprint density at radius 1 is 0.946 bits per heavy atom. The number of carbonyl (C=O) groups is 2. The molecule has 4 rings (SSSR count). The Kier molecular flexibility index (Phi) is 7.25. The first kappa shape index (κ1) is 25.8. The molecule has 1 aliphatic heterocycles. The Morgan fingerprint density at radius 2 is 1.57 bits per heavy atom. The molecule has 0 bridgehead atoms. The van der Waals surface area contributed by atoms with Crippen LogP contribution in [-0.2, 0) is 9.59 Å². The topological polar surface area (TPSA) is 79.3 Å². The standard InChI is InChI=1S/C30H32N2O5/c1-18(2)37-23-13-11-22(12-14-23)32-27(20-7-9-21(10-8-20)31(4)5)26(29(34)30(32)35)28(33)25-16-15-24(36-6)17-19(25)3/h7-18,27,33H,1-6H3/b28-26-. The highest BCUT2D eigenvalue weighted by Gasteiger charge is 2.47.